The van der Waals surface area contributed by atoms with Crippen molar-refractivity contribution in [1.29, 1.82) is 0 Å². The van der Waals surface area contributed by atoms with Crippen molar-refractivity contribution >= 4 is 27.5 Å². The summed E-state index contributed by atoms with van der Waals surface area (Å²) in [4.78, 5) is 3.14. The zero-order valence-electron chi connectivity index (χ0n) is 13.0. The summed E-state index contributed by atoms with van der Waals surface area (Å²) in [6.07, 6.45) is 0. The summed E-state index contributed by atoms with van der Waals surface area (Å²) in [6.45, 7) is 6.47. The number of halogens is 2. The molecule has 1 aliphatic heterocycles. The molecule has 3 rings (SSSR count). The van der Waals surface area contributed by atoms with Crippen molar-refractivity contribution in [3.05, 3.63) is 63.1 Å². The van der Waals surface area contributed by atoms with Crippen LogP contribution >= 0.6 is 27.5 Å². The summed E-state index contributed by atoms with van der Waals surface area (Å²) in [5, 5.41) is 10.8. The average Bonchev–Trinajstić information content (AvgIpc) is 2.53. The molecule has 2 aromatic carbocycles. The first-order chi connectivity index (χ1) is 11.1. The van der Waals surface area contributed by atoms with E-state index in [1.165, 1.54) is 10.5 Å². The predicted molar refractivity (Wildman–Crippen MR) is 96.1 cm³/mol. The van der Waals surface area contributed by atoms with E-state index >= 15 is 0 Å². The van der Waals surface area contributed by atoms with E-state index in [9.17, 15) is 5.11 Å². The van der Waals surface area contributed by atoms with Gasteiger partial charge >= 0.3 is 0 Å². The fourth-order valence-electron chi connectivity index (χ4n) is 3.21. The highest BCUT2D eigenvalue weighted by Crippen LogP contribution is 2.20. The summed E-state index contributed by atoms with van der Waals surface area (Å²) < 4.78 is 1.02. The van der Waals surface area contributed by atoms with Gasteiger partial charge in [-0.25, -0.2) is 0 Å². The molecule has 2 aromatic rings. The molecule has 1 aliphatic rings. The number of benzene rings is 2. The normalized spacial score (nSPS) is 21.3. The summed E-state index contributed by atoms with van der Waals surface area (Å²) >= 11 is 9.54. The Kier molecular flexibility index (Phi) is 5.59. The lowest BCUT2D eigenvalue weighted by molar-refractivity contribution is -1.02. The Bertz CT molecular complexity index is 672. The van der Waals surface area contributed by atoms with Crippen LogP contribution < -0.4 is 9.80 Å². The molecular formula is C18H22BrClN2O+2. The lowest BCUT2D eigenvalue weighted by Crippen LogP contribution is -3.27. The number of phenols is 1. The molecule has 0 saturated carbocycles. The molecule has 0 bridgehead atoms. The van der Waals surface area contributed by atoms with Gasteiger partial charge in [-0.1, -0.05) is 39.7 Å². The number of quaternary nitrogens is 2. The third kappa shape index (κ3) is 4.70. The maximum atomic E-state index is 9.99. The number of piperazine rings is 1. The van der Waals surface area contributed by atoms with Crippen LogP contribution in [0.5, 0.6) is 5.75 Å². The van der Waals surface area contributed by atoms with E-state index in [0.29, 0.717) is 5.75 Å². The highest BCUT2D eigenvalue weighted by atomic mass is 79.9. The van der Waals surface area contributed by atoms with Gasteiger partial charge in [-0.15, -0.1) is 0 Å². The van der Waals surface area contributed by atoms with Gasteiger partial charge in [0, 0.05) is 20.6 Å². The molecule has 3 N–H and O–H groups in total. The minimum atomic E-state index is 0.398. The number of aromatic hydroxyl groups is 1. The van der Waals surface area contributed by atoms with Gasteiger partial charge in [-0.05, 0) is 30.3 Å². The second kappa shape index (κ2) is 7.67. The number of phenolic OH excluding ortho intramolecular Hbond substituents is 1. The first kappa shape index (κ1) is 16.8. The summed E-state index contributed by atoms with van der Waals surface area (Å²) in [5.74, 6) is 0.398. The van der Waals surface area contributed by atoms with Crippen molar-refractivity contribution in [3.63, 3.8) is 0 Å². The van der Waals surface area contributed by atoms with Gasteiger partial charge in [-0.3, -0.25) is 0 Å². The Morgan fingerprint density at radius 2 is 1.65 bits per heavy atom. The van der Waals surface area contributed by atoms with Crippen molar-refractivity contribution in [2.75, 3.05) is 26.2 Å². The Morgan fingerprint density at radius 1 is 0.957 bits per heavy atom. The van der Waals surface area contributed by atoms with Gasteiger partial charge < -0.3 is 14.9 Å². The van der Waals surface area contributed by atoms with Crippen molar-refractivity contribution in [2.45, 2.75) is 13.1 Å². The second-order valence-electron chi connectivity index (χ2n) is 6.26. The first-order valence-electron chi connectivity index (χ1n) is 7.99. The lowest BCUT2D eigenvalue weighted by atomic mass is 10.1. The molecule has 5 heteroatoms. The standard InChI is InChI=1S/C18H20BrClN2O/c19-16-4-5-18(23)15(11-16)13-22-8-6-21(7-9-22)12-14-2-1-3-17(20)10-14/h1-5,10-11,23H,6-9,12-13H2/p+2. The van der Waals surface area contributed by atoms with Crippen LogP contribution in [-0.4, -0.2) is 31.3 Å². The van der Waals surface area contributed by atoms with Crippen LogP contribution in [-0.2, 0) is 13.1 Å². The Labute approximate surface area is 150 Å². The molecule has 0 amide bonds. The zero-order valence-corrected chi connectivity index (χ0v) is 15.3. The molecule has 23 heavy (non-hydrogen) atoms. The van der Waals surface area contributed by atoms with E-state index in [0.717, 1.165) is 54.3 Å². The fraction of sp³-hybridized carbons (Fsp3) is 0.333. The van der Waals surface area contributed by atoms with Gasteiger partial charge in [0.15, 0.2) is 0 Å². The van der Waals surface area contributed by atoms with Crippen LogP contribution in [0.1, 0.15) is 11.1 Å². The molecule has 1 fully saturated rings. The second-order valence-corrected chi connectivity index (χ2v) is 7.61. The summed E-state index contributed by atoms with van der Waals surface area (Å²) in [6, 6.07) is 13.8. The number of hydrogen-bond acceptors (Lipinski definition) is 1. The van der Waals surface area contributed by atoms with Gasteiger partial charge in [0.2, 0.25) is 0 Å². The summed E-state index contributed by atoms with van der Waals surface area (Å²) in [5.41, 5.74) is 2.33. The monoisotopic (exact) mass is 396 g/mol. The van der Waals surface area contributed by atoms with E-state index in [1.807, 2.05) is 24.3 Å². The molecule has 1 heterocycles. The molecule has 0 unspecified atom stereocenters. The van der Waals surface area contributed by atoms with Crippen LogP contribution in [0, 0.1) is 0 Å². The van der Waals surface area contributed by atoms with Crippen molar-refractivity contribution < 1.29 is 14.9 Å². The van der Waals surface area contributed by atoms with E-state index in [2.05, 4.69) is 28.1 Å². The number of nitrogens with one attached hydrogen (secondary N) is 2. The minimum Gasteiger partial charge on any atom is -0.507 e. The Balaban J connectivity index is 1.53. The molecule has 0 spiro atoms. The predicted octanol–water partition coefficient (Wildman–Crippen LogP) is 1.29. The maximum Gasteiger partial charge on any atom is 0.127 e. The largest absolute Gasteiger partial charge is 0.507 e. The van der Waals surface area contributed by atoms with Crippen LogP contribution in [0.25, 0.3) is 0 Å². The third-order valence-corrected chi connectivity index (χ3v) is 5.22. The Morgan fingerprint density at radius 3 is 2.35 bits per heavy atom. The van der Waals surface area contributed by atoms with E-state index < -0.39 is 0 Å². The third-order valence-electron chi connectivity index (χ3n) is 4.49. The molecule has 0 atom stereocenters. The van der Waals surface area contributed by atoms with Gasteiger partial charge in [0.1, 0.15) is 45.0 Å². The van der Waals surface area contributed by atoms with E-state index in [-0.39, 0.29) is 0 Å². The lowest BCUT2D eigenvalue weighted by Gasteiger charge is -2.30. The van der Waals surface area contributed by atoms with E-state index in [1.54, 1.807) is 11.0 Å². The van der Waals surface area contributed by atoms with Crippen LogP contribution in [0.3, 0.4) is 0 Å². The molecular weight excluding hydrogens is 376 g/mol. The average molecular weight is 398 g/mol. The maximum absolute atomic E-state index is 9.99. The molecule has 3 nitrogen and oxygen atoms in total. The van der Waals surface area contributed by atoms with Gasteiger partial charge in [0.05, 0.1) is 0 Å². The fourth-order valence-corrected chi connectivity index (χ4v) is 3.83. The van der Waals surface area contributed by atoms with E-state index in [4.69, 9.17) is 11.6 Å². The molecule has 0 aromatic heterocycles. The van der Waals surface area contributed by atoms with Gasteiger partial charge in [0.25, 0.3) is 0 Å². The molecule has 0 radical (unpaired) electrons. The highest BCUT2D eigenvalue weighted by Gasteiger charge is 2.24. The Hall–Kier alpha value is -1.07. The molecule has 0 aliphatic carbocycles. The quantitative estimate of drug-likeness (QED) is 0.713. The van der Waals surface area contributed by atoms with Crippen LogP contribution in [0.4, 0.5) is 0 Å². The van der Waals surface area contributed by atoms with Crippen molar-refractivity contribution in [2.24, 2.45) is 0 Å². The molecule has 122 valence electrons. The summed E-state index contributed by atoms with van der Waals surface area (Å²) in [7, 11) is 0. The SMILES string of the molecule is Oc1ccc(Br)cc1C[NH+]1CC[NH+](Cc2cccc(Cl)c2)CC1. The van der Waals surface area contributed by atoms with Crippen molar-refractivity contribution in [3.8, 4) is 5.75 Å². The zero-order chi connectivity index (χ0) is 16.2. The topological polar surface area (TPSA) is 29.1 Å². The number of hydrogen-bond donors (Lipinski definition) is 3. The van der Waals surface area contributed by atoms with Crippen LogP contribution in [0.15, 0.2) is 46.9 Å². The molecule has 1 saturated heterocycles. The van der Waals surface area contributed by atoms with Gasteiger partial charge in [-0.2, -0.15) is 0 Å². The smallest absolute Gasteiger partial charge is 0.127 e. The minimum absolute atomic E-state index is 0.398. The van der Waals surface area contributed by atoms with Crippen LogP contribution in [0.2, 0.25) is 5.02 Å². The first-order valence-corrected chi connectivity index (χ1v) is 9.16. The highest BCUT2D eigenvalue weighted by molar-refractivity contribution is 9.10. The number of rotatable bonds is 4. The van der Waals surface area contributed by atoms with Crippen molar-refractivity contribution in [1.82, 2.24) is 0 Å².